The van der Waals surface area contributed by atoms with Crippen LogP contribution in [0.15, 0.2) is 67.0 Å². The summed E-state index contributed by atoms with van der Waals surface area (Å²) in [5.74, 6) is 0.863. The summed E-state index contributed by atoms with van der Waals surface area (Å²) in [5, 5.41) is 0. The van der Waals surface area contributed by atoms with Gasteiger partial charge in [-0.15, -0.1) is 0 Å². The average Bonchev–Trinajstić information content (AvgIpc) is 3.37. The summed E-state index contributed by atoms with van der Waals surface area (Å²) in [6, 6.07) is 19.0. The van der Waals surface area contributed by atoms with Gasteiger partial charge in [-0.1, -0.05) is 25.1 Å². The van der Waals surface area contributed by atoms with Crippen LogP contribution in [0, 0.1) is 0 Å². The Balaban J connectivity index is 1.59. The van der Waals surface area contributed by atoms with E-state index in [0.29, 0.717) is 0 Å². The third-order valence-corrected chi connectivity index (χ3v) is 4.92. The van der Waals surface area contributed by atoms with E-state index in [-0.39, 0.29) is 6.23 Å². The first-order valence-corrected chi connectivity index (χ1v) is 9.08. The van der Waals surface area contributed by atoms with Crippen LogP contribution in [0.25, 0.3) is 5.69 Å². The van der Waals surface area contributed by atoms with Gasteiger partial charge in [-0.05, 0) is 42.3 Å². The number of benzene rings is 2. The van der Waals surface area contributed by atoms with E-state index in [1.165, 1.54) is 11.3 Å². The molecule has 26 heavy (non-hydrogen) atoms. The summed E-state index contributed by atoms with van der Waals surface area (Å²) < 4.78 is 13.6. The third kappa shape index (κ3) is 3.20. The van der Waals surface area contributed by atoms with Gasteiger partial charge in [0, 0.05) is 41.9 Å². The van der Waals surface area contributed by atoms with Crippen molar-refractivity contribution >= 4 is 5.69 Å². The zero-order valence-electron chi connectivity index (χ0n) is 15.3. The Kier molecular flexibility index (Phi) is 4.67. The second kappa shape index (κ2) is 7.26. The first-order valence-electron chi connectivity index (χ1n) is 9.08. The molecule has 0 saturated carbocycles. The number of aryl methyl sites for hydroxylation is 1. The molecule has 0 aliphatic carbocycles. The average molecular weight is 348 g/mol. The van der Waals surface area contributed by atoms with Crippen molar-refractivity contribution in [1.82, 2.24) is 4.57 Å². The molecule has 4 heteroatoms. The summed E-state index contributed by atoms with van der Waals surface area (Å²) in [6.45, 7) is 3.76. The van der Waals surface area contributed by atoms with Gasteiger partial charge < -0.3 is 18.9 Å². The van der Waals surface area contributed by atoms with Gasteiger partial charge in [-0.2, -0.15) is 0 Å². The standard InChI is InChI=1S/C22H24N2O2/c1-3-17-7-9-19(10-8-17)23-12-11-18(16-23)22-24(13-14-26-22)20-5-4-6-21(15-20)25-2/h4-12,15-16,22H,3,13-14H2,1-2H3. The molecule has 1 aromatic heterocycles. The van der Waals surface area contributed by atoms with Crippen LogP contribution in [0.4, 0.5) is 5.69 Å². The molecule has 1 aliphatic heterocycles. The number of nitrogens with zero attached hydrogens (tertiary/aromatic N) is 2. The van der Waals surface area contributed by atoms with Crippen molar-refractivity contribution in [2.45, 2.75) is 19.6 Å². The Hall–Kier alpha value is -2.72. The largest absolute Gasteiger partial charge is 0.497 e. The molecule has 2 heterocycles. The first kappa shape index (κ1) is 16.7. The number of hydrogen-bond donors (Lipinski definition) is 0. The number of anilines is 1. The Morgan fingerprint density at radius 2 is 1.92 bits per heavy atom. The van der Waals surface area contributed by atoms with Gasteiger partial charge in [0.2, 0.25) is 0 Å². The summed E-state index contributed by atoms with van der Waals surface area (Å²) in [5.41, 5.74) is 4.79. The van der Waals surface area contributed by atoms with Crippen molar-refractivity contribution in [2.75, 3.05) is 25.2 Å². The first-order chi connectivity index (χ1) is 12.8. The van der Waals surface area contributed by atoms with Crippen LogP contribution in [0.3, 0.4) is 0 Å². The molecule has 134 valence electrons. The van der Waals surface area contributed by atoms with Crippen molar-refractivity contribution in [3.8, 4) is 11.4 Å². The number of ether oxygens (including phenoxy) is 2. The molecule has 3 aromatic rings. The Bertz CT molecular complexity index is 870. The van der Waals surface area contributed by atoms with Crippen molar-refractivity contribution in [3.63, 3.8) is 0 Å². The number of methoxy groups -OCH3 is 1. The second-order valence-electron chi connectivity index (χ2n) is 6.49. The van der Waals surface area contributed by atoms with E-state index >= 15 is 0 Å². The van der Waals surface area contributed by atoms with Crippen LogP contribution in [0.5, 0.6) is 5.75 Å². The van der Waals surface area contributed by atoms with Crippen LogP contribution in [0.1, 0.15) is 24.3 Å². The minimum Gasteiger partial charge on any atom is -0.497 e. The molecule has 1 fully saturated rings. The summed E-state index contributed by atoms with van der Waals surface area (Å²) in [7, 11) is 1.70. The minimum absolute atomic E-state index is 0.0710. The molecular weight excluding hydrogens is 324 g/mol. The molecule has 1 aliphatic rings. The topological polar surface area (TPSA) is 26.6 Å². The third-order valence-electron chi connectivity index (χ3n) is 4.92. The lowest BCUT2D eigenvalue weighted by Gasteiger charge is -2.25. The maximum Gasteiger partial charge on any atom is 0.158 e. The highest BCUT2D eigenvalue weighted by molar-refractivity contribution is 5.53. The highest BCUT2D eigenvalue weighted by Gasteiger charge is 2.28. The lowest BCUT2D eigenvalue weighted by Crippen LogP contribution is -2.22. The summed E-state index contributed by atoms with van der Waals surface area (Å²) in [4.78, 5) is 2.28. The van der Waals surface area contributed by atoms with E-state index in [1.54, 1.807) is 7.11 Å². The fraction of sp³-hybridized carbons (Fsp3) is 0.273. The summed E-state index contributed by atoms with van der Waals surface area (Å²) >= 11 is 0. The highest BCUT2D eigenvalue weighted by atomic mass is 16.5. The molecule has 4 rings (SSSR count). The van der Waals surface area contributed by atoms with E-state index < -0.39 is 0 Å². The van der Waals surface area contributed by atoms with Crippen LogP contribution in [-0.2, 0) is 11.2 Å². The Morgan fingerprint density at radius 1 is 1.08 bits per heavy atom. The molecule has 0 spiro atoms. The number of aromatic nitrogens is 1. The van der Waals surface area contributed by atoms with Crippen molar-refractivity contribution in [3.05, 3.63) is 78.1 Å². The molecule has 0 amide bonds. The predicted molar refractivity (Wildman–Crippen MR) is 104 cm³/mol. The van der Waals surface area contributed by atoms with Gasteiger partial charge in [-0.3, -0.25) is 0 Å². The highest BCUT2D eigenvalue weighted by Crippen LogP contribution is 2.34. The van der Waals surface area contributed by atoms with Crippen LogP contribution >= 0.6 is 0 Å². The lowest BCUT2D eigenvalue weighted by atomic mass is 10.1. The fourth-order valence-electron chi connectivity index (χ4n) is 3.42. The van der Waals surface area contributed by atoms with E-state index in [2.05, 4.69) is 71.2 Å². The zero-order chi connectivity index (χ0) is 17.9. The molecule has 0 bridgehead atoms. The predicted octanol–water partition coefficient (Wildman–Crippen LogP) is 4.58. The zero-order valence-corrected chi connectivity index (χ0v) is 15.3. The van der Waals surface area contributed by atoms with Gasteiger partial charge in [-0.25, -0.2) is 0 Å². The molecule has 4 nitrogen and oxygen atoms in total. The van der Waals surface area contributed by atoms with Crippen LogP contribution in [0.2, 0.25) is 0 Å². The summed E-state index contributed by atoms with van der Waals surface area (Å²) in [6.07, 6.45) is 5.24. The Labute approximate surface area is 154 Å². The molecule has 0 radical (unpaired) electrons. The second-order valence-corrected chi connectivity index (χ2v) is 6.49. The van der Waals surface area contributed by atoms with Crippen LogP contribution < -0.4 is 9.64 Å². The van der Waals surface area contributed by atoms with E-state index in [9.17, 15) is 0 Å². The lowest BCUT2D eigenvalue weighted by molar-refractivity contribution is 0.114. The molecule has 1 saturated heterocycles. The van der Waals surface area contributed by atoms with E-state index in [0.717, 1.165) is 36.6 Å². The maximum atomic E-state index is 6.04. The normalized spacial score (nSPS) is 16.8. The number of hydrogen-bond acceptors (Lipinski definition) is 3. The fourth-order valence-corrected chi connectivity index (χ4v) is 3.42. The van der Waals surface area contributed by atoms with Crippen molar-refractivity contribution in [2.24, 2.45) is 0 Å². The maximum absolute atomic E-state index is 6.04. The van der Waals surface area contributed by atoms with Gasteiger partial charge in [0.05, 0.1) is 13.7 Å². The monoisotopic (exact) mass is 348 g/mol. The minimum atomic E-state index is -0.0710. The van der Waals surface area contributed by atoms with Gasteiger partial charge in [0.15, 0.2) is 6.23 Å². The molecule has 2 aromatic carbocycles. The molecule has 0 N–H and O–H groups in total. The van der Waals surface area contributed by atoms with E-state index in [1.807, 2.05) is 12.1 Å². The number of rotatable bonds is 5. The molecule has 1 unspecified atom stereocenters. The molecular formula is C22H24N2O2. The van der Waals surface area contributed by atoms with Crippen LogP contribution in [-0.4, -0.2) is 24.8 Å². The van der Waals surface area contributed by atoms with Crippen molar-refractivity contribution < 1.29 is 9.47 Å². The molecule has 1 atom stereocenters. The smallest absolute Gasteiger partial charge is 0.158 e. The van der Waals surface area contributed by atoms with E-state index in [4.69, 9.17) is 9.47 Å². The van der Waals surface area contributed by atoms with Crippen molar-refractivity contribution in [1.29, 1.82) is 0 Å². The van der Waals surface area contributed by atoms with Gasteiger partial charge in [0.1, 0.15) is 5.75 Å². The Morgan fingerprint density at radius 3 is 2.69 bits per heavy atom. The SMILES string of the molecule is CCc1ccc(-n2ccc(C3OCCN3c3cccc(OC)c3)c2)cc1. The van der Waals surface area contributed by atoms with Gasteiger partial charge >= 0.3 is 0 Å². The van der Waals surface area contributed by atoms with Gasteiger partial charge in [0.25, 0.3) is 0 Å². The quantitative estimate of drug-likeness (QED) is 0.675.